The van der Waals surface area contributed by atoms with Gasteiger partial charge in [0.25, 0.3) is 0 Å². The third-order valence-corrected chi connectivity index (χ3v) is 5.47. The average molecular weight is 290 g/mol. The van der Waals surface area contributed by atoms with E-state index in [0.717, 1.165) is 24.3 Å². The lowest BCUT2D eigenvalue weighted by atomic mass is 10.0. The minimum absolute atomic E-state index is 0.279. The predicted molar refractivity (Wildman–Crippen MR) is 70.9 cm³/mol. The molecule has 1 aromatic heterocycles. The van der Waals surface area contributed by atoms with Gasteiger partial charge in [-0.05, 0) is 24.8 Å². The standard InChI is InChI=1S/C11H18N2O3S2/c12-5-10-4-11(8-17-10)18(14,15)13-6-9-2-1-3-16-7-9/h4,8-9,13H,1-3,5-7,12H2. The zero-order valence-electron chi connectivity index (χ0n) is 10.1. The van der Waals surface area contributed by atoms with Crippen LogP contribution >= 0.6 is 11.3 Å². The molecular formula is C11H18N2O3S2. The normalized spacial score (nSPS) is 21.1. The van der Waals surface area contributed by atoms with E-state index in [1.54, 1.807) is 11.4 Å². The Morgan fingerprint density at radius 1 is 1.56 bits per heavy atom. The molecule has 1 aliphatic heterocycles. The van der Waals surface area contributed by atoms with Crippen molar-refractivity contribution in [2.45, 2.75) is 24.3 Å². The van der Waals surface area contributed by atoms with Gasteiger partial charge in [-0.15, -0.1) is 11.3 Å². The van der Waals surface area contributed by atoms with E-state index in [4.69, 9.17) is 10.5 Å². The summed E-state index contributed by atoms with van der Waals surface area (Å²) >= 11 is 1.37. The van der Waals surface area contributed by atoms with E-state index in [2.05, 4.69) is 4.72 Å². The number of hydrogen-bond donors (Lipinski definition) is 2. The van der Waals surface area contributed by atoms with Crippen molar-refractivity contribution in [2.75, 3.05) is 19.8 Å². The zero-order chi connectivity index (χ0) is 13.0. The molecule has 0 spiro atoms. The maximum atomic E-state index is 12.0. The van der Waals surface area contributed by atoms with Crippen LogP contribution in [0, 0.1) is 5.92 Å². The second-order valence-corrected chi connectivity index (χ2v) is 7.15. The molecule has 1 atom stereocenters. The van der Waals surface area contributed by atoms with Crippen LogP contribution in [-0.2, 0) is 21.3 Å². The van der Waals surface area contributed by atoms with Gasteiger partial charge in [0.05, 0.1) is 11.5 Å². The van der Waals surface area contributed by atoms with E-state index in [1.165, 1.54) is 11.3 Å². The molecule has 1 aliphatic rings. The van der Waals surface area contributed by atoms with Crippen LogP contribution in [0.3, 0.4) is 0 Å². The second kappa shape index (κ2) is 6.12. The Kier molecular flexibility index (Phi) is 4.74. The van der Waals surface area contributed by atoms with Gasteiger partial charge < -0.3 is 10.5 Å². The van der Waals surface area contributed by atoms with Crippen LogP contribution < -0.4 is 10.5 Å². The lowest BCUT2D eigenvalue weighted by molar-refractivity contribution is 0.0568. The van der Waals surface area contributed by atoms with E-state index < -0.39 is 10.0 Å². The smallest absolute Gasteiger partial charge is 0.241 e. The number of nitrogens with two attached hydrogens (primary N) is 1. The number of thiophene rings is 1. The van der Waals surface area contributed by atoms with Crippen LogP contribution in [-0.4, -0.2) is 28.2 Å². The molecule has 2 rings (SSSR count). The van der Waals surface area contributed by atoms with Gasteiger partial charge in [0.2, 0.25) is 10.0 Å². The van der Waals surface area contributed by atoms with Gasteiger partial charge >= 0.3 is 0 Å². The second-order valence-electron chi connectivity index (χ2n) is 4.39. The molecular weight excluding hydrogens is 272 g/mol. The summed E-state index contributed by atoms with van der Waals surface area (Å²) < 4.78 is 32.0. The van der Waals surface area contributed by atoms with Crippen molar-refractivity contribution >= 4 is 21.4 Å². The van der Waals surface area contributed by atoms with Crippen molar-refractivity contribution in [2.24, 2.45) is 11.7 Å². The molecule has 18 heavy (non-hydrogen) atoms. The molecule has 5 nitrogen and oxygen atoms in total. The number of hydrogen-bond acceptors (Lipinski definition) is 5. The van der Waals surface area contributed by atoms with Gasteiger partial charge in [-0.25, -0.2) is 13.1 Å². The molecule has 1 aromatic rings. The van der Waals surface area contributed by atoms with E-state index in [9.17, 15) is 8.42 Å². The first-order valence-corrected chi connectivity index (χ1v) is 8.33. The number of ether oxygens (including phenoxy) is 1. The first-order chi connectivity index (χ1) is 8.62. The maximum absolute atomic E-state index is 12.0. The Hall–Kier alpha value is -0.470. The maximum Gasteiger partial charge on any atom is 0.241 e. The highest BCUT2D eigenvalue weighted by atomic mass is 32.2. The summed E-state index contributed by atoms with van der Waals surface area (Å²) in [5.74, 6) is 0.279. The molecule has 0 saturated carbocycles. The fourth-order valence-electron chi connectivity index (χ4n) is 1.89. The van der Waals surface area contributed by atoms with Gasteiger partial charge in [0, 0.05) is 30.0 Å². The van der Waals surface area contributed by atoms with Gasteiger partial charge in [0.1, 0.15) is 0 Å². The highest BCUT2D eigenvalue weighted by Crippen LogP contribution is 2.19. The Balaban J connectivity index is 1.94. The summed E-state index contributed by atoms with van der Waals surface area (Å²) in [5.41, 5.74) is 5.48. The van der Waals surface area contributed by atoms with Crippen LogP contribution in [0.5, 0.6) is 0 Å². The van der Waals surface area contributed by atoms with E-state index in [-0.39, 0.29) is 5.92 Å². The van der Waals surface area contributed by atoms with E-state index in [1.807, 2.05) is 0 Å². The molecule has 0 bridgehead atoms. The fraction of sp³-hybridized carbons (Fsp3) is 0.636. The Labute approximate surface area is 111 Å². The minimum Gasteiger partial charge on any atom is -0.381 e. The van der Waals surface area contributed by atoms with Crippen LogP contribution in [0.4, 0.5) is 0 Å². The molecule has 1 saturated heterocycles. The van der Waals surface area contributed by atoms with Gasteiger partial charge in [-0.1, -0.05) is 0 Å². The molecule has 1 unspecified atom stereocenters. The van der Waals surface area contributed by atoms with Crippen molar-refractivity contribution in [3.8, 4) is 0 Å². The first-order valence-electron chi connectivity index (χ1n) is 5.96. The van der Waals surface area contributed by atoms with E-state index >= 15 is 0 Å². The highest BCUT2D eigenvalue weighted by Gasteiger charge is 2.20. The molecule has 7 heteroatoms. The van der Waals surface area contributed by atoms with Crippen molar-refractivity contribution in [1.82, 2.24) is 4.72 Å². The number of rotatable bonds is 5. The highest BCUT2D eigenvalue weighted by molar-refractivity contribution is 7.89. The largest absolute Gasteiger partial charge is 0.381 e. The SMILES string of the molecule is NCc1cc(S(=O)(=O)NCC2CCCOC2)cs1. The Bertz CT molecular complexity index is 478. The third kappa shape index (κ3) is 3.52. The molecule has 0 radical (unpaired) electrons. The van der Waals surface area contributed by atoms with Gasteiger partial charge in [-0.2, -0.15) is 0 Å². The topological polar surface area (TPSA) is 81.4 Å². The molecule has 3 N–H and O–H groups in total. The monoisotopic (exact) mass is 290 g/mol. The zero-order valence-corrected chi connectivity index (χ0v) is 11.7. The first kappa shape index (κ1) is 14.0. The third-order valence-electron chi connectivity index (χ3n) is 2.96. The summed E-state index contributed by atoms with van der Waals surface area (Å²) in [5, 5.41) is 1.63. The lowest BCUT2D eigenvalue weighted by Crippen LogP contribution is -2.33. The molecule has 2 heterocycles. The Morgan fingerprint density at radius 2 is 2.39 bits per heavy atom. The summed E-state index contributed by atoms with van der Waals surface area (Å²) in [7, 11) is -3.40. The number of nitrogens with one attached hydrogen (secondary N) is 1. The summed E-state index contributed by atoms with van der Waals surface area (Å²) in [6, 6.07) is 1.63. The lowest BCUT2D eigenvalue weighted by Gasteiger charge is -2.21. The summed E-state index contributed by atoms with van der Waals surface area (Å²) in [4.78, 5) is 1.18. The minimum atomic E-state index is -3.40. The van der Waals surface area contributed by atoms with Crippen LogP contribution in [0.25, 0.3) is 0 Å². The van der Waals surface area contributed by atoms with Crippen molar-refractivity contribution in [1.29, 1.82) is 0 Å². The summed E-state index contributed by atoms with van der Waals surface area (Å²) in [6.07, 6.45) is 2.02. The molecule has 1 fully saturated rings. The van der Waals surface area contributed by atoms with Crippen LogP contribution in [0.2, 0.25) is 0 Å². The van der Waals surface area contributed by atoms with E-state index in [0.29, 0.717) is 24.6 Å². The molecule has 0 aliphatic carbocycles. The van der Waals surface area contributed by atoms with Crippen molar-refractivity contribution < 1.29 is 13.2 Å². The fourth-order valence-corrected chi connectivity index (χ4v) is 4.16. The molecule has 102 valence electrons. The molecule has 0 aromatic carbocycles. The summed E-state index contributed by atoms with van der Waals surface area (Å²) in [6.45, 7) is 2.24. The van der Waals surface area contributed by atoms with Crippen LogP contribution in [0.15, 0.2) is 16.3 Å². The van der Waals surface area contributed by atoms with Crippen LogP contribution in [0.1, 0.15) is 17.7 Å². The van der Waals surface area contributed by atoms with Gasteiger partial charge in [-0.3, -0.25) is 0 Å². The predicted octanol–water partition coefficient (Wildman–Crippen LogP) is 0.912. The average Bonchev–Trinajstić information content (AvgIpc) is 2.87. The van der Waals surface area contributed by atoms with Crippen molar-refractivity contribution in [3.05, 3.63) is 16.3 Å². The number of sulfonamides is 1. The Morgan fingerprint density at radius 3 is 3.00 bits per heavy atom. The quantitative estimate of drug-likeness (QED) is 0.844. The molecule has 0 amide bonds. The van der Waals surface area contributed by atoms with Crippen molar-refractivity contribution in [3.63, 3.8) is 0 Å². The van der Waals surface area contributed by atoms with Gasteiger partial charge in [0.15, 0.2) is 0 Å².